The van der Waals surface area contributed by atoms with E-state index < -0.39 is 5.97 Å². The Morgan fingerprint density at radius 3 is 2.74 bits per heavy atom. The predicted octanol–water partition coefficient (Wildman–Crippen LogP) is 2.92. The van der Waals surface area contributed by atoms with Crippen LogP contribution in [0.5, 0.6) is 5.75 Å². The van der Waals surface area contributed by atoms with Crippen molar-refractivity contribution in [2.24, 2.45) is 5.92 Å². The lowest BCUT2D eigenvalue weighted by Crippen LogP contribution is -2.55. The fourth-order valence-corrected chi connectivity index (χ4v) is 3.39. The molecule has 0 bridgehead atoms. The number of hydrogen-bond acceptors (Lipinski definition) is 4. The van der Waals surface area contributed by atoms with Gasteiger partial charge in [-0.2, -0.15) is 0 Å². The highest BCUT2D eigenvalue weighted by molar-refractivity contribution is 5.89. The summed E-state index contributed by atoms with van der Waals surface area (Å²) in [6.07, 6.45) is 4.93. The largest absolute Gasteiger partial charge is 0.494 e. The molecule has 0 unspecified atom stereocenters. The summed E-state index contributed by atoms with van der Waals surface area (Å²) in [7, 11) is 0. The third-order valence-corrected chi connectivity index (χ3v) is 5.06. The van der Waals surface area contributed by atoms with Crippen LogP contribution in [0.1, 0.15) is 39.0 Å². The molecule has 2 amide bonds. The summed E-state index contributed by atoms with van der Waals surface area (Å²) in [5, 5.41) is 14.9. The maximum absolute atomic E-state index is 12.2. The van der Waals surface area contributed by atoms with Gasteiger partial charge in [0.25, 0.3) is 0 Å². The van der Waals surface area contributed by atoms with Crippen molar-refractivity contribution >= 4 is 17.7 Å². The first-order valence-electron chi connectivity index (χ1n) is 9.79. The lowest BCUT2D eigenvalue weighted by molar-refractivity contribution is -0.139. The summed E-state index contributed by atoms with van der Waals surface area (Å²) >= 11 is 0. The number of carbonyl (C=O) groups excluding carboxylic acids is 1. The van der Waals surface area contributed by atoms with Crippen molar-refractivity contribution in [3.63, 3.8) is 0 Å². The smallest absolute Gasteiger partial charge is 0.319 e. The van der Waals surface area contributed by atoms with Crippen molar-refractivity contribution in [1.29, 1.82) is 0 Å². The molecule has 0 heterocycles. The number of nitrogens with zero attached hydrogens (tertiary/aromatic N) is 1. The quantitative estimate of drug-likeness (QED) is 0.585. The van der Waals surface area contributed by atoms with Gasteiger partial charge in [-0.05, 0) is 50.2 Å². The van der Waals surface area contributed by atoms with Gasteiger partial charge >= 0.3 is 12.0 Å². The van der Waals surface area contributed by atoms with Crippen molar-refractivity contribution in [2.45, 2.75) is 51.1 Å². The molecule has 0 radical (unpaired) electrons. The van der Waals surface area contributed by atoms with Crippen LogP contribution >= 0.6 is 0 Å². The van der Waals surface area contributed by atoms with Crippen molar-refractivity contribution in [2.75, 3.05) is 25.0 Å². The van der Waals surface area contributed by atoms with Crippen molar-refractivity contribution in [3.8, 4) is 5.75 Å². The van der Waals surface area contributed by atoms with Crippen LogP contribution in [0.4, 0.5) is 10.5 Å². The molecule has 0 aliphatic heterocycles. The van der Waals surface area contributed by atoms with E-state index in [1.165, 1.54) is 12.8 Å². The molecule has 0 saturated heterocycles. The maximum Gasteiger partial charge on any atom is 0.319 e. The number of ether oxygens (including phenoxy) is 1. The summed E-state index contributed by atoms with van der Waals surface area (Å²) in [6, 6.07) is 7.45. The summed E-state index contributed by atoms with van der Waals surface area (Å²) in [6.45, 7) is 3.64. The van der Waals surface area contributed by atoms with E-state index in [1.54, 1.807) is 0 Å². The average Bonchev–Trinajstić information content (AvgIpc) is 3.39. The molecule has 2 saturated carbocycles. The second-order valence-electron chi connectivity index (χ2n) is 7.56. The van der Waals surface area contributed by atoms with Gasteiger partial charge in [0, 0.05) is 30.4 Å². The molecule has 0 aromatic heterocycles. The van der Waals surface area contributed by atoms with Crippen LogP contribution in [0.25, 0.3) is 0 Å². The van der Waals surface area contributed by atoms with Gasteiger partial charge in [-0.3, -0.25) is 9.69 Å². The highest BCUT2D eigenvalue weighted by Gasteiger charge is 2.37. The van der Waals surface area contributed by atoms with Crippen LogP contribution < -0.4 is 15.4 Å². The normalized spacial score (nSPS) is 21.4. The Kier molecular flexibility index (Phi) is 6.55. The van der Waals surface area contributed by atoms with Crippen molar-refractivity contribution in [1.82, 2.24) is 10.2 Å². The van der Waals surface area contributed by atoms with Gasteiger partial charge in [-0.1, -0.05) is 13.0 Å². The zero-order valence-corrected chi connectivity index (χ0v) is 15.8. The first-order valence-corrected chi connectivity index (χ1v) is 9.79. The van der Waals surface area contributed by atoms with Crippen molar-refractivity contribution < 1.29 is 19.4 Å². The van der Waals surface area contributed by atoms with Gasteiger partial charge in [-0.15, -0.1) is 0 Å². The third kappa shape index (κ3) is 6.13. The second kappa shape index (κ2) is 9.08. The predicted molar refractivity (Wildman–Crippen MR) is 103 cm³/mol. The highest BCUT2D eigenvalue weighted by Crippen LogP contribution is 2.33. The minimum atomic E-state index is -0.782. The molecule has 0 atom stereocenters. The Morgan fingerprint density at radius 1 is 1.30 bits per heavy atom. The van der Waals surface area contributed by atoms with Crippen LogP contribution in [-0.2, 0) is 4.79 Å². The Balaban J connectivity index is 1.42. The van der Waals surface area contributed by atoms with Gasteiger partial charge in [0.1, 0.15) is 5.75 Å². The van der Waals surface area contributed by atoms with Crippen LogP contribution in [-0.4, -0.2) is 53.8 Å². The summed E-state index contributed by atoms with van der Waals surface area (Å²) in [5.41, 5.74) is 0.693. The number of urea groups is 1. The van der Waals surface area contributed by atoms with E-state index in [9.17, 15) is 9.59 Å². The molecule has 7 heteroatoms. The molecule has 1 aromatic rings. The number of hydrogen-bond donors (Lipinski definition) is 3. The van der Waals surface area contributed by atoms with Crippen molar-refractivity contribution in [3.05, 3.63) is 24.3 Å². The van der Waals surface area contributed by atoms with Crippen LogP contribution in [0, 0.1) is 5.92 Å². The average molecular weight is 375 g/mol. The van der Waals surface area contributed by atoms with Gasteiger partial charge in [-0.25, -0.2) is 4.79 Å². The van der Waals surface area contributed by atoms with E-state index in [0.29, 0.717) is 18.2 Å². The van der Waals surface area contributed by atoms with Gasteiger partial charge in [0.05, 0.1) is 13.2 Å². The molecular weight excluding hydrogens is 346 g/mol. The molecule has 3 rings (SSSR count). The van der Waals surface area contributed by atoms with Crippen LogP contribution in [0.15, 0.2) is 24.3 Å². The minimum Gasteiger partial charge on any atom is -0.494 e. The van der Waals surface area contributed by atoms with Crippen LogP contribution in [0.3, 0.4) is 0 Å². The van der Waals surface area contributed by atoms with Gasteiger partial charge < -0.3 is 20.5 Å². The lowest BCUT2D eigenvalue weighted by Gasteiger charge is -2.42. The van der Waals surface area contributed by atoms with E-state index in [-0.39, 0.29) is 24.7 Å². The molecule has 3 N–H and O–H groups in total. The lowest BCUT2D eigenvalue weighted by atomic mass is 9.85. The number of nitrogens with one attached hydrogen (secondary N) is 2. The number of carboxylic acid groups (broad SMARTS) is 1. The zero-order chi connectivity index (χ0) is 19.2. The van der Waals surface area contributed by atoms with E-state index >= 15 is 0 Å². The maximum atomic E-state index is 12.2. The Morgan fingerprint density at radius 2 is 2.07 bits per heavy atom. The molecule has 27 heavy (non-hydrogen) atoms. The number of anilines is 1. The summed E-state index contributed by atoms with van der Waals surface area (Å²) in [4.78, 5) is 25.4. The number of rotatable bonds is 10. The Labute approximate surface area is 160 Å². The first kappa shape index (κ1) is 19.5. The monoisotopic (exact) mass is 375 g/mol. The van der Waals surface area contributed by atoms with E-state index in [2.05, 4.69) is 15.5 Å². The molecule has 0 spiro atoms. The number of carbonyl (C=O) groups is 2. The third-order valence-electron chi connectivity index (χ3n) is 5.06. The molecular formula is C20H29N3O4. The standard InChI is InChI=1S/C20H29N3O4/c1-2-8-27-18-5-3-4-15(11-18)21-20(26)22-16-9-17(10-16)23(13-19(24)25)12-14-6-7-14/h3-5,11,14,16-17H,2,6-10,12-13H2,1H3,(H,24,25)(H2,21,22,26). The fourth-order valence-electron chi connectivity index (χ4n) is 3.39. The summed E-state index contributed by atoms with van der Waals surface area (Å²) in [5.74, 6) is 0.611. The SMILES string of the molecule is CCCOc1cccc(NC(=O)NC2CC(N(CC(=O)O)CC3CC3)C2)c1. The topological polar surface area (TPSA) is 90.9 Å². The molecule has 2 fully saturated rings. The Bertz CT molecular complexity index is 656. The number of aliphatic carboxylic acids is 1. The van der Waals surface area contributed by atoms with E-state index in [0.717, 1.165) is 31.6 Å². The minimum absolute atomic E-state index is 0.0879. The second-order valence-corrected chi connectivity index (χ2v) is 7.56. The van der Waals surface area contributed by atoms with Gasteiger partial charge in [0.2, 0.25) is 0 Å². The fraction of sp³-hybridized carbons (Fsp3) is 0.600. The highest BCUT2D eigenvalue weighted by atomic mass is 16.5. The summed E-state index contributed by atoms with van der Waals surface area (Å²) < 4.78 is 5.57. The zero-order valence-electron chi connectivity index (χ0n) is 15.8. The van der Waals surface area contributed by atoms with E-state index in [1.807, 2.05) is 31.2 Å². The number of benzene rings is 1. The molecule has 2 aliphatic rings. The molecule has 7 nitrogen and oxygen atoms in total. The number of amides is 2. The Hall–Kier alpha value is -2.28. The van der Waals surface area contributed by atoms with E-state index in [4.69, 9.17) is 9.84 Å². The molecule has 1 aromatic carbocycles. The van der Waals surface area contributed by atoms with Gasteiger partial charge in [0.15, 0.2) is 0 Å². The number of carboxylic acids is 1. The molecule has 148 valence electrons. The van der Waals surface area contributed by atoms with Crippen LogP contribution in [0.2, 0.25) is 0 Å². The first-order chi connectivity index (χ1) is 13.0. The molecule has 2 aliphatic carbocycles.